The molecule has 1 unspecified atom stereocenters. The van der Waals surface area contributed by atoms with Crippen molar-refractivity contribution in [2.75, 3.05) is 13.1 Å². The Bertz CT molecular complexity index is 582. The Morgan fingerprint density at radius 3 is 2.86 bits per heavy atom. The molecular formula is C14H20N4O3. The molecule has 2 heterocycles. The molecule has 1 aliphatic rings. The van der Waals surface area contributed by atoms with Gasteiger partial charge < -0.3 is 15.2 Å². The predicted octanol–water partition coefficient (Wildman–Crippen LogP) is 0.147. The van der Waals surface area contributed by atoms with E-state index in [2.05, 4.69) is 15.3 Å². The molecule has 1 aromatic heterocycles. The molecule has 0 aliphatic carbocycles. The Labute approximate surface area is 122 Å². The monoisotopic (exact) mass is 292 g/mol. The van der Waals surface area contributed by atoms with Crippen LogP contribution in [0.1, 0.15) is 37.2 Å². The molecule has 1 saturated heterocycles. The minimum absolute atomic E-state index is 0.0471. The van der Waals surface area contributed by atoms with Crippen LogP contribution in [0.4, 0.5) is 0 Å². The molecule has 2 amide bonds. The molecule has 2 N–H and O–H groups in total. The number of nitrogens with one attached hydrogen (secondary N) is 2. The van der Waals surface area contributed by atoms with Crippen molar-refractivity contribution >= 4 is 11.8 Å². The third kappa shape index (κ3) is 3.90. The van der Waals surface area contributed by atoms with Crippen molar-refractivity contribution in [2.45, 2.75) is 32.7 Å². The van der Waals surface area contributed by atoms with Crippen LogP contribution in [0.2, 0.25) is 0 Å². The van der Waals surface area contributed by atoms with Gasteiger partial charge in [0, 0.05) is 25.0 Å². The van der Waals surface area contributed by atoms with Crippen molar-refractivity contribution in [1.82, 2.24) is 20.2 Å². The van der Waals surface area contributed by atoms with Crippen LogP contribution >= 0.6 is 0 Å². The van der Waals surface area contributed by atoms with Gasteiger partial charge in [-0.05, 0) is 12.8 Å². The summed E-state index contributed by atoms with van der Waals surface area (Å²) in [7, 11) is 0. The molecule has 1 atom stereocenters. The second-order valence-corrected chi connectivity index (χ2v) is 5.56. The number of likely N-dealkylation sites (tertiary alicyclic amines) is 1. The van der Waals surface area contributed by atoms with E-state index in [1.165, 1.54) is 6.20 Å². The number of carbonyl (C=O) groups is 2. The highest BCUT2D eigenvalue weighted by molar-refractivity contribution is 5.92. The standard InChI is InChI=1S/C14H20N4O3/c1-9(2)14(21)18-5-3-4-10(8-18)16-13(20)11-6-15-7-12(19)17-11/h6-7,9-10H,3-5,8H2,1-2H3,(H,16,20)(H,17,19). The Balaban J connectivity index is 1.98. The molecule has 114 valence electrons. The Kier molecular flexibility index (Phi) is 4.72. The van der Waals surface area contributed by atoms with Crippen LogP contribution in [0.3, 0.4) is 0 Å². The fraction of sp³-hybridized carbons (Fsp3) is 0.571. The van der Waals surface area contributed by atoms with Gasteiger partial charge in [0.2, 0.25) is 5.91 Å². The lowest BCUT2D eigenvalue weighted by Crippen LogP contribution is -2.50. The van der Waals surface area contributed by atoms with Crippen molar-refractivity contribution in [3.63, 3.8) is 0 Å². The van der Waals surface area contributed by atoms with E-state index in [0.717, 1.165) is 25.6 Å². The van der Waals surface area contributed by atoms with Crippen molar-refractivity contribution < 1.29 is 9.59 Å². The first-order valence-electron chi connectivity index (χ1n) is 7.11. The Hall–Kier alpha value is -2.18. The minimum atomic E-state index is -0.414. The van der Waals surface area contributed by atoms with Crippen LogP contribution in [0.25, 0.3) is 0 Å². The van der Waals surface area contributed by atoms with Crippen molar-refractivity contribution in [1.29, 1.82) is 0 Å². The summed E-state index contributed by atoms with van der Waals surface area (Å²) in [5.41, 5.74) is -0.280. The predicted molar refractivity (Wildman–Crippen MR) is 76.8 cm³/mol. The third-order valence-corrected chi connectivity index (χ3v) is 3.46. The highest BCUT2D eigenvalue weighted by atomic mass is 16.2. The normalized spacial score (nSPS) is 18.6. The fourth-order valence-electron chi connectivity index (χ4n) is 2.42. The van der Waals surface area contributed by atoms with Crippen molar-refractivity contribution in [3.05, 3.63) is 28.4 Å². The van der Waals surface area contributed by atoms with Crippen LogP contribution in [0.15, 0.2) is 17.2 Å². The van der Waals surface area contributed by atoms with Crippen LogP contribution in [-0.4, -0.2) is 45.8 Å². The second-order valence-electron chi connectivity index (χ2n) is 5.56. The molecule has 7 nitrogen and oxygen atoms in total. The first kappa shape index (κ1) is 15.2. The zero-order valence-electron chi connectivity index (χ0n) is 12.3. The van der Waals surface area contributed by atoms with Gasteiger partial charge in [-0.3, -0.25) is 19.4 Å². The van der Waals surface area contributed by atoms with E-state index in [4.69, 9.17) is 0 Å². The number of aromatic nitrogens is 2. The third-order valence-electron chi connectivity index (χ3n) is 3.46. The molecule has 0 spiro atoms. The number of amides is 2. The van der Waals surface area contributed by atoms with E-state index in [1.54, 1.807) is 4.90 Å². The van der Waals surface area contributed by atoms with E-state index in [9.17, 15) is 14.4 Å². The summed E-state index contributed by atoms with van der Waals surface area (Å²) in [5.74, 6) is -0.318. The number of piperidine rings is 1. The summed E-state index contributed by atoms with van der Waals surface area (Å²) >= 11 is 0. The van der Waals surface area contributed by atoms with Gasteiger partial charge in [0.15, 0.2) is 0 Å². The van der Waals surface area contributed by atoms with E-state index in [0.29, 0.717) is 6.54 Å². The smallest absolute Gasteiger partial charge is 0.269 e. The minimum Gasteiger partial charge on any atom is -0.346 e. The number of rotatable bonds is 3. The van der Waals surface area contributed by atoms with Gasteiger partial charge in [0.05, 0.1) is 12.4 Å². The lowest BCUT2D eigenvalue weighted by Gasteiger charge is -2.34. The molecule has 7 heteroatoms. The number of aromatic amines is 1. The summed E-state index contributed by atoms with van der Waals surface area (Å²) in [6.07, 6.45) is 4.10. The van der Waals surface area contributed by atoms with E-state index in [1.807, 2.05) is 13.8 Å². The number of nitrogens with zero attached hydrogens (tertiary/aromatic N) is 2. The quantitative estimate of drug-likeness (QED) is 0.829. The Morgan fingerprint density at radius 1 is 1.43 bits per heavy atom. The Morgan fingerprint density at radius 2 is 2.19 bits per heavy atom. The first-order chi connectivity index (χ1) is 9.97. The molecule has 0 saturated carbocycles. The highest BCUT2D eigenvalue weighted by Gasteiger charge is 2.26. The van der Waals surface area contributed by atoms with Gasteiger partial charge in [-0.1, -0.05) is 13.8 Å². The SMILES string of the molecule is CC(C)C(=O)N1CCCC(NC(=O)c2cncc(=O)[nH]2)C1. The van der Waals surface area contributed by atoms with E-state index >= 15 is 0 Å². The topological polar surface area (TPSA) is 95.2 Å². The van der Waals surface area contributed by atoms with Crippen LogP contribution in [0, 0.1) is 5.92 Å². The molecular weight excluding hydrogens is 272 g/mol. The summed E-state index contributed by atoms with van der Waals surface area (Å²) in [6, 6.07) is -0.0994. The molecule has 0 radical (unpaired) electrons. The van der Waals surface area contributed by atoms with Crippen LogP contribution in [-0.2, 0) is 4.79 Å². The van der Waals surface area contributed by atoms with E-state index < -0.39 is 5.56 Å². The molecule has 21 heavy (non-hydrogen) atoms. The molecule has 0 bridgehead atoms. The van der Waals surface area contributed by atoms with Gasteiger partial charge in [-0.25, -0.2) is 0 Å². The summed E-state index contributed by atoms with van der Waals surface area (Å²) in [6.45, 7) is 4.97. The molecule has 2 rings (SSSR count). The summed E-state index contributed by atoms with van der Waals surface area (Å²) in [4.78, 5) is 43.1. The number of hydrogen-bond acceptors (Lipinski definition) is 4. The maximum absolute atomic E-state index is 12.1. The van der Waals surface area contributed by atoms with Crippen LogP contribution in [0.5, 0.6) is 0 Å². The molecule has 1 aromatic rings. The summed E-state index contributed by atoms with van der Waals surface area (Å²) in [5, 5.41) is 2.84. The zero-order valence-corrected chi connectivity index (χ0v) is 12.3. The fourth-order valence-corrected chi connectivity index (χ4v) is 2.42. The number of hydrogen-bond donors (Lipinski definition) is 2. The molecule has 1 aliphatic heterocycles. The highest BCUT2D eigenvalue weighted by Crippen LogP contribution is 2.13. The zero-order chi connectivity index (χ0) is 15.4. The average molecular weight is 292 g/mol. The van der Waals surface area contributed by atoms with E-state index in [-0.39, 0.29) is 29.5 Å². The molecule has 1 fully saturated rings. The first-order valence-corrected chi connectivity index (χ1v) is 7.11. The largest absolute Gasteiger partial charge is 0.346 e. The maximum Gasteiger partial charge on any atom is 0.269 e. The van der Waals surface area contributed by atoms with Gasteiger partial charge in [0.1, 0.15) is 5.69 Å². The van der Waals surface area contributed by atoms with Gasteiger partial charge in [-0.2, -0.15) is 0 Å². The average Bonchev–Trinajstić information content (AvgIpc) is 2.46. The maximum atomic E-state index is 12.1. The van der Waals surface area contributed by atoms with Crippen LogP contribution < -0.4 is 10.9 Å². The number of H-pyrrole nitrogens is 1. The van der Waals surface area contributed by atoms with Gasteiger partial charge in [-0.15, -0.1) is 0 Å². The number of carbonyl (C=O) groups excluding carboxylic acids is 2. The molecule has 0 aromatic carbocycles. The summed E-state index contributed by atoms with van der Waals surface area (Å²) < 4.78 is 0. The van der Waals surface area contributed by atoms with Gasteiger partial charge in [0.25, 0.3) is 11.5 Å². The second kappa shape index (κ2) is 6.51. The van der Waals surface area contributed by atoms with Crippen molar-refractivity contribution in [3.8, 4) is 0 Å². The lowest BCUT2D eigenvalue weighted by molar-refractivity contribution is -0.135. The van der Waals surface area contributed by atoms with Crippen molar-refractivity contribution in [2.24, 2.45) is 5.92 Å². The van der Waals surface area contributed by atoms with Gasteiger partial charge >= 0.3 is 0 Å². The lowest BCUT2D eigenvalue weighted by atomic mass is 10.0.